The van der Waals surface area contributed by atoms with Gasteiger partial charge in [-0.2, -0.15) is 0 Å². The van der Waals surface area contributed by atoms with Crippen LogP contribution < -0.4 is 5.73 Å². The number of nitrogens with two attached hydrogens (primary N) is 1. The molecule has 0 unspecified atom stereocenters. The van der Waals surface area contributed by atoms with E-state index in [9.17, 15) is 4.39 Å². The number of pyridine rings is 1. The Morgan fingerprint density at radius 2 is 2.42 bits per heavy atom. The van der Waals surface area contributed by atoms with Gasteiger partial charge in [-0.05, 0) is 6.07 Å². The van der Waals surface area contributed by atoms with Crippen molar-refractivity contribution in [1.29, 1.82) is 0 Å². The lowest BCUT2D eigenvalue weighted by Gasteiger charge is -1.95. The Bertz CT molecular complexity index is 299. The van der Waals surface area contributed by atoms with Crippen molar-refractivity contribution in [3.63, 3.8) is 0 Å². The fourth-order valence-electron chi connectivity index (χ4n) is 0.750. The van der Waals surface area contributed by atoms with Gasteiger partial charge in [0, 0.05) is 12.1 Å². The average Bonchev–Trinajstić information content (AvgIpc) is 2.07. The van der Waals surface area contributed by atoms with Gasteiger partial charge >= 0.3 is 0 Å². The molecule has 1 rings (SSSR count). The zero-order valence-electron chi connectivity index (χ0n) is 6.30. The molecule has 0 aromatic carbocycles. The fourth-order valence-corrected chi connectivity index (χ4v) is 0.916. The van der Waals surface area contributed by atoms with Crippen LogP contribution in [-0.2, 0) is 0 Å². The lowest BCUT2D eigenvalue weighted by Crippen LogP contribution is -1.93. The van der Waals surface area contributed by atoms with Crippen molar-refractivity contribution in [2.24, 2.45) is 5.73 Å². The van der Waals surface area contributed by atoms with E-state index in [0.29, 0.717) is 12.1 Å². The largest absolute Gasteiger partial charge is 0.327 e. The van der Waals surface area contributed by atoms with Crippen molar-refractivity contribution in [1.82, 2.24) is 4.98 Å². The van der Waals surface area contributed by atoms with Gasteiger partial charge in [0.25, 0.3) is 0 Å². The molecular weight excluding hydrogens is 179 g/mol. The third-order valence-corrected chi connectivity index (χ3v) is 1.49. The lowest BCUT2D eigenvalue weighted by atomic mass is 10.2. The van der Waals surface area contributed by atoms with Gasteiger partial charge in [0.15, 0.2) is 0 Å². The van der Waals surface area contributed by atoms with Crippen LogP contribution in [-0.4, -0.2) is 11.5 Å². The Balaban J connectivity index is 2.97. The molecule has 2 nitrogen and oxygen atoms in total. The number of halogens is 2. The summed E-state index contributed by atoms with van der Waals surface area (Å²) in [6.45, 7) is 0.374. The first-order valence-electron chi connectivity index (χ1n) is 3.41. The van der Waals surface area contributed by atoms with Crippen molar-refractivity contribution in [2.45, 2.75) is 0 Å². The minimum Gasteiger partial charge on any atom is -0.327 e. The van der Waals surface area contributed by atoms with E-state index in [1.807, 2.05) is 0 Å². The van der Waals surface area contributed by atoms with E-state index in [0.717, 1.165) is 6.20 Å². The van der Waals surface area contributed by atoms with Crippen molar-refractivity contribution < 1.29 is 4.39 Å². The topological polar surface area (TPSA) is 38.9 Å². The summed E-state index contributed by atoms with van der Waals surface area (Å²) in [5.41, 5.74) is 5.61. The third kappa shape index (κ3) is 2.29. The van der Waals surface area contributed by atoms with Gasteiger partial charge in [-0.25, -0.2) is 9.37 Å². The molecular formula is C8H8ClFN2. The molecule has 0 aliphatic heterocycles. The highest BCUT2D eigenvalue weighted by Crippen LogP contribution is 2.12. The van der Waals surface area contributed by atoms with E-state index < -0.39 is 5.82 Å². The molecule has 0 saturated carbocycles. The number of hydrogen-bond acceptors (Lipinski definition) is 2. The maximum Gasteiger partial charge on any atom is 0.148 e. The van der Waals surface area contributed by atoms with Crippen LogP contribution in [0.1, 0.15) is 5.56 Å². The van der Waals surface area contributed by atoms with Crippen LogP contribution in [0.25, 0.3) is 6.08 Å². The second kappa shape index (κ2) is 4.18. The van der Waals surface area contributed by atoms with Crippen LogP contribution in [0, 0.1) is 5.82 Å². The minimum absolute atomic E-state index is 0.271. The van der Waals surface area contributed by atoms with Gasteiger partial charge < -0.3 is 5.73 Å². The molecule has 0 aliphatic rings. The van der Waals surface area contributed by atoms with Crippen molar-refractivity contribution in [3.8, 4) is 0 Å². The quantitative estimate of drug-likeness (QED) is 0.716. The van der Waals surface area contributed by atoms with Crippen molar-refractivity contribution in [3.05, 3.63) is 34.9 Å². The summed E-state index contributed by atoms with van der Waals surface area (Å²) in [6, 6.07) is 1.45. The Labute approximate surface area is 74.9 Å². The van der Waals surface area contributed by atoms with Gasteiger partial charge in [-0.3, -0.25) is 0 Å². The molecule has 12 heavy (non-hydrogen) atoms. The van der Waals surface area contributed by atoms with Crippen LogP contribution >= 0.6 is 11.6 Å². The standard InChI is InChI=1S/C8H8ClFN2/c9-8-4-6(2-1-3-11)7(10)5-12-8/h1-2,4-5H,3,11H2. The first kappa shape index (κ1) is 9.16. The Morgan fingerprint density at radius 1 is 1.67 bits per heavy atom. The summed E-state index contributed by atoms with van der Waals surface area (Å²) in [5, 5.41) is 0.271. The fraction of sp³-hybridized carbons (Fsp3) is 0.125. The number of rotatable bonds is 2. The maximum absolute atomic E-state index is 12.9. The summed E-state index contributed by atoms with van der Waals surface area (Å²) in [6.07, 6.45) is 4.30. The Hall–Kier alpha value is -0.930. The average molecular weight is 187 g/mol. The van der Waals surface area contributed by atoms with Crippen LogP contribution in [0.4, 0.5) is 4.39 Å². The smallest absolute Gasteiger partial charge is 0.148 e. The predicted molar refractivity (Wildman–Crippen MR) is 47.3 cm³/mol. The highest BCUT2D eigenvalue weighted by atomic mass is 35.5. The summed E-state index contributed by atoms with van der Waals surface area (Å²) in [7, 11) is 0. The maximum atomic E-state index is 12.9. The summed E-state index contributed by atoms with van der Waals surface area (Å²) >= 11 is 5.55. The molecule has 0 saturated heterocycles. The molecule has 64 valence electrons. The molecule has 0 amide bonds. The highest BCUT2D eigenvalue weighted by molar-refractivity contribution is 6.29. The first-order chi connectivity index (χ1) is 5.74. The van der Waals surface area contributed by atoms with Crippen molar-refractivity contribution >= 4 is 17.7 Å². The number of aromatic nitrogens is 1. The molecule has 2 N–H and O–H groups in total. The monoisotopic (exact) mass is 186 g/mol. The Kier molecular flexibility index (Phi) is 3.19. The van der Waals surface area contributed by atoms with E-state index >= 15 is 0 Å². The Morgan fingerprint density at radius 3 is 3.08 bits per heavy atom. The number of nitrogens with zero attached hydrogens (tertiary/aromatic N) is 1. The molecule has 1 aromatic heterocycles. The van der Waals surface area contributed by atoms with E-state index in [1.54, 1.807) is 12.2 Å². The predicted octanol–water partition coefficient (Wildman–Crippen LogP) is 1.85. The summed E-state index contributed by atoms with van der Waals surface area (Å²) in [5.74, 6) is -0.399. The zero-order chi connectivity index (χ0) is 8.97. The van der Waals surface area contributed by atoms with E-state index in [2.05, 4.69) is 4.98 Å². The SMILES string of the molecule is NCC=Cc1cc(Cl)ncc1F. The van der Waals surface area contributed by atoms with Crippen LogP contribution in [0.3, 0.4) is 0 Å². The molecule has 0 radical (unpaired) electrons. The first-order valence-corrected chi connectivity index (χ1v) is 3.79. The molecule has 1 aromatic rings. The lowest BCUT2D eigenvalue weighted by molar-refractivity contribution is 0.618. The second-order valence-corrected chi connectivity index (χ2v) is 2.55. The van der Waals surface area contributed by atoms with Gasteiger partial charge in [-0.15, -0.1) is 0 Å². The zero-order valence-corrected chi connectivity index (χ0v) is 7.05. The van der Waals surface area contributed by atoms with Crippen LogP contribution in [0.5, 0.6) is 0 Å². The van der Waals surface area contributed by atoms with Gasteiger partial charge in [0.05, 0.1) is 6.20 Å². The normalized spacial score (nSPS) is 10.9. The second-order valence-electron chi connectivity index (χ2n) is 2.17. The van der Waals surface area contributed by atoms with Gasteiger partial charge in [0.2, 0.25) is 0 Å². The van der Waals surface area contributed by atoms with E-state index in [1.165, 1.54) is 6.07 Å². The molecule has 0 atom stereocenters. The molecule has 0 bridgehead atoms. The molecule has 0 fully saturated rings. The molecule has 4 heteroatoms. The summed E-state index contributed by atoms with van der Waals surface area (Å²) < 4.78 is 12.9. The minimum atomic E-state index is -0.399. The number of hydrogen-bond donors (Lipinski definition) is 1. The summed E-state index contributed by atoms with van der Waals surface area (Å²) in [4.78, 5) is 3.57. The van der Waals surface area contributed by atoms with Gasteiger partial charge in [-0.1, -0.05) is 23.8 Å². The molecule has 1 heterocycles. The van der Waals surface area contributed by atoms with Crippen LogP contribution in [0.15, 0.2) is 18.3 Å². The highest BCUT2D eigenvalue weighted by Gasteiger charge is 1.98. The van der Waals surface area contributed by atoms with E-state index in [-0.39, 0.29) is 5.15 Å². The van der Waals surface area contributed by atoms with E-state index in [4.69, 9.17) is 17.3 Å². The third-order valence-electron chi connectivity index (χ3n) is 1.29. The van der Waals surface area contributed by atoms with Crippen molar-refractivity contribution in [2.75, 3.05) is 6.54 Å². The molecule has 0 spiro atoms. The molecule has 0 aliphatic carbocycles. The van der Waals surface area contributed by atoms with Gasteiger partial charge in [0.1, 0.15) is 11.0 Å². The van der Waals surface area contributed by atoms with Crippen LogP contribution in [0.2, 0.25) is 5.15 Å².